The number of carbonyl (C=O) groups is 2. The lowest BCUT2D eigenvalue weighted by atomic mass is 9.95. The van der Waals surface area contributed by atoms with E-state index in [1.54, 1.807) is 13.1 Å². The minimum Gasteiger partial charge on any atom is -0.461 e. The maximum absolute atomic E-state index is 16.6. The van der Waals surface area contributed by atoms with Crippen molar-refractivity contribution in [1.82, 2.24) is 25.2 Å². The van der Waals surface area contributed by atoms with Gasteiger partial charge in [-0.05, 0) is 69.5 Å². The first-order valence-electron chi connectivity index (χ1n) is 14.9. The molecule has 4 saturated heterocycles. The molecule has 4 aliphatic heterocycles. The van der Waals surface area contributed by atoms with E-state index in [0.717, 1.165) is 49.2 Å². The molecule has 2 aromatic heterocycles. The standard InChI is InChI=1S/C33H33FN6O3/c1-4-20-9-6-10-21(5-2)25(20)19(3)27-26(34)28-22(15-35-27)29(39-16-23-24(17-39)31(42)38-30(23)41)37-32(36-28)43-18-33-11-7-13-40(33)14-8-12-33/h1,5-6,9-10,15,23-24H,7-8,11-14,16-18H2,2-3H3,(H,38,41,42)/b21-5-,25-19+/t23-,24+. The van der Waals surface area contributed by atoms with Crippen LogP contribution in [-0.4, -0.2) is 70.0 Å². The number of nitrogens with zero attached hydrogens (tertiary/aromatic N) is 5. The van der Waals surface area contributed by atoms with Crippen molar-refractivity contribution in [1.29, 1.82) is 0 Å². The quantitative estimate of drug-likeness (QED) is 0.361. The molecule has 10 heteroatoms. The monoisotopic (exact) mass is 580 g/mol. The van der Waals surface area contributed by atoms with Gasteiger partial charge in [0, 0.05) is 30.1 Å². The fraction of sp³-hybridized carbons (Fsp3) is 0.424. The number of rotatable bonds is 5. The summed E-state index contributed by atoms with van der Waals surface area (Å²) in [5.74, 6) is 0.968. The number of hydrogen-bond donors (Lipinski definition) is 1. The second-order valence-electron chi connectivity index (χ2n) is 12.0. The van der Waals surface area contributed by atoms with E-state index < -0.39 is 17.7 Å². The van der Waals surface area contributed by atoms with Crippen LogP contribution in [0.4, 0.5) is 10.2 Å². The molecule has 3 aromatic rings. The summed E-state index contributed by atoms with van der Waals surface area (Å²) >= 11 is 0. The lowest BCUT2D eigenvalue weighted by Crippen LogP contribution is -2.43. The van der Waals surface area contributed by atoms with Gasteiger partial charge in [-0.15, -0.1) is 6.42 Å². The van der Waals surface area contributed by atoms with Crippen LogP contribution in [0, 0.1) is 30.0 Å². The van der Waals surface area contributed by atoms with Crippen LogP contribution in [0.25, 0.3) is 22.6 Å². The summed E-state index contributed by atoms with van der Waals surface area (Å²) < 4.78 is 22.9. The number of fused-ring (bicyclic) bond motifs is 3. The third-order valence-electron chi connectivity index (χ3n) is 9.76. The highest BCUT2D eigenvalue weighted by Gasteiger charge is 2.49. The number of nitrogens with one attached hydrogen (secondary N) is 1. The molecule has 4 aliphatic rings. The topological polar surface area (TPSA) is 101 Å². The van der Waals surface area contributed by atoms with Crippen molar-refractivity contribution >= 4 is 40.2 Å². The zero-order valence-corrected chi connectivity index (χ0v) is 24.3. The third-order valence-corrected chi connectivity index (χ3v) is 9.76. The second kappa shape index (κ2) is 10.4. The Balaban J connectivity index is 1.37. The highest BCUT2D eigenvalue weighted by Crippen LogP contribution is 2.40. The second-order valence-corrected chi connectivity index (χ2v) is 12.0. The number of anilines is 1. The Morgan fingerprint density at radius 1 is 1.19 bits per heavy atom. The summed E-state index contributed by atoms with van der Waals surface area (Å²) in [5, 5.41) is 4.43. The number of aromatic nitrogens is 3. The Morgan fingerprint density at radius 3 is 2.58 bits per heavy atom. The molecule has 0 bridgehead atoms. The molecule has 0 spiro atoms. The van der Waals surface area contributed by atoms with Crippen LogP contribution in [0.2, 0.25) is 0 Å². The lowest BCUT2D eigenvalue weighted by molar-refractivity contribution is -0.126. The van der Waals surface area contributed by atoms with Crippen LogP contribution >= 0.6 is 0 Å². The number of carbonyl (C=O) groups excluding carboxylic acids is 2. The molecular formula is C33H33FN6O3. The number of pyridine rings is 1. The van der Waals surface area contributed by atoms with E-state index >= 15 is 4.39 Å². The maximum Gasteiger partial charge on any atom is 0.319 e. The first-order valence-corrected chi connectivity index (χ1v) is 14.9. The van der Waals surface area contributed by atoms with Crippen molar-refractivity contribution in [2.24, 2.45) is 11.8 Å². The van der Waals surface area contributed by atoms with Crippen molar-refractivity contribution in [3.63, 3.8) is 0 Å². The summed E-state index contributed by atoms with van der Waals surface area (Å²) in [6.45, 7) is 6.80. The van der Waals surface area contributed by atoms with Crippen LogP contribution in [-0.2, 0) is 9.59 Å². The molecule has 9 nitrogen and oxygen atoms in total. The van der Waals surface area contributed by atoms with Crippen LogP contribution in [0.5, 0.6) is 6.01 Å². The van der Waals surface area contributed by atoms with Crippen LogP contribution < -0.4 is 25.4 Å². The number of hydrogen-bond acceptors (Lipinski definition) is 8. The fourth-order valence-corrected chi connectivity index (χ4v) is 7.53. The molecule has 6 heterocycles. The van der Waals surface area contributed by atoms with E-state index in [2.05, 4.69) is 26.1 Å². The van der Waals surface area contributed by atoms with Crippen molar-refractivity contribution in [2.75, 3.05) is 37.7 Å². The van der Waals surface area contributed by atoms with Gasteiger partial charge in [0.1, 0.15) is 23.6 Å². The van der Waals surface area contributed by atoms with Crippen molar-refractivity contribution < 1.29 is 18.7 Å². The maximum atomic E-state index is 16.6. The first-order chi connectivity index (χ1) is 20.8. The largest absolute Gasteiger partial charge is 0.461 e. The molecule has 1 aromatic carbocycles. The smallest absolute Gasteiger partial charge is 0.319 e. The minimum absolute atomic E-state index is 0.0496. The molecule has 0 unspecified atom stereocenters. The number of amides is 2. The minimum atomic E-state index is -0.605. The predicted octanol–water partition coefficient (Wildman–Crippen LogP) is 1.88. The first kappa shape index (κ1) is 27.5. The van der Waals surface area contributed by atoms with Gasteiger partial charge in [-0.25, -0.2) is 4.39 Å². The molecule has 2 atom stereocenters. The summed E-state index contributed by atoms with van der Waals surface area (Å²) in [7, 11) is 0. The molecular weight excluding hydrogens is 547 g/mol. The van der Waals surface area contributed by atoms with Gasteiger partial charge in [-0.3, -0.25) is 24.8 Å². The van der Waals surface area contributed by atoms with Gasteiger partial charge in [0.25, 0.3) is 0 Å². The van der Waals surface area contributed by atoms with Crippen molar-refractivity contribution in [3.05, 3.63) is 51.9 Å². The molecule has 1 N–H and O–H groups in total. The van der Waals surface area contributed by atoms with Crippen LogP contribution in [0.3, 0.4) is 0 Å². The third kappa shape index (κ3) is 4.37. The SMILES string of the molecule is C#Cc1cccc(=C/C)/c1=C(\C)c1ncc2c(N3C[C@@H]4C(=O)NC(=O)[C@@H]4C3)nc(OCC34CCCN3CCC4)nc2c1F. The lowest BCUT2D eigenvalue weighted by Gasteiger charge is -2.31. The Labute approximate surface area is 248 Å². The molecule has 4 fully saturated rings. The van der Waals surface area contributed by atoms with E-state index in [4.69, 9.17) is 16.1 Å². The highest BCUT2D eigenvalue weighted by atomic mass is 19.1. The predicted molar refractivity (Wildman–Crippen MR) is 160 cm³/mol. The summed E-state index contributed by atoms with van der Waals surface area (Å²) in [6.07, 6.45) is 13.6. The molecule has 0 radical (unpaired) electrons. The van der Waals surface area contributed by atoms with Crippen molar-refractivity contribution in [2.45, 2.75) is 45.1 Å². The summed E-state index contributed by atoms with van der Waals surface area (Å²) in [4.78, 5) is 43.1. The Hall–Kier alpha value is -4.36. The zero-order chi connectivity index (χ0) is 29.9. The van der Waals surface area contributed by atoms with Gasteiger partial charge in [-0.1, -0.05) is 24.1 Å². The van der Waals surface area contributed by atoms with Gasteiger partial charge in [-0.2, -0.15) is 9.97 Å². The zero-order valence-electron chi connectivity index (χ0n) is 24.3. The average Bonchev–Trinajstić information content (AvgIpc) is 3.78. The van der Waals surface area contributed by atoms with Gasteiger partial charge < -0.3 is 9.64 Å². The average molecular weight is 581 g/mol. The molecule has 43 heavy (non-hydrogen) atoms. The number of halogens is 1. The number of terminal acetylenes is 1. The number of benzene rings is 1. The van der Waals surface area contributed by atoms with Gasteiger partial charge in [0.15, 0.2) is 5.82 Å². The Bertz CT molecular complexity index is 1820. The van der Waals surface area contributed by atoms with E-state index in [1.165, 1.54) is 0 Å². The van der Waals surface area contributed by atoms with E-state index in [1.807, 2.05) is 36.1 Å². The Kier molecular flexibility index (Phi) is 6.66. The van der Waals surface area contributed by atoms with E-state index in [0.29, 0.717) is 28.9 Å². The summed E-state index contributed by atoms with van der Waals surface area (Å²) in [6, 6.07) is 5.71. The van der Waals surface area contributed by atoms with Crippen LogP contribution in [0.1, 0.15) is 50.8 Å². The van der Waals surface area contributed by atoms with E-state index in [-0.39, 0.29) is 47.7 Å². The van der Waals surface area contributed by atoms with Crippen LogP contribution in [0.15, 0.2) is 24.4 Å². The molecule has 220 valence electrons. The van der Waals surface area contributed by atoms with E-state index in [9.17, 15) is 9.59 Å². The van der Waals surface area contributed by atoms with Gasteiger partial charge in [0.05, 0.1) is 22.8 Å². The number of imide groups is 1. The Morgan fingerprint density at radius 2 is 1.91 bits per heavy atom. The fourth-order valence-electron chi connectivity index (χ4n) is 7.53. The van der Waals surface area contributed by atoms with Crippen molar-refractivity contribution in [3.8, 4) is 18.4 Å². The molecule has 2 amide bonds. The van der Waals surface area contributed by atoms with Gasteiger partial charge >= 0.3 is 6.01 Å². The molecule has 7 rings (SSSR count). The highest BCUT2D eigenvalue weighted by molar-refractivity contribution is 6.06. The number of ether oxygens (including phenoxy) is 1. The molecule has 0 saturated carbocycles. The molecule has 0 aliphatic carbocycles. The van der Waals surface area contributed by atoms with Gasteiger partial charge in [0.2, 0.25) is 11.8 Å². The summed E-state index contributed by atoms with van der Waals surface area (Å²) in [5.41, 5.74) is 1.40. The normalized spacial score (nSPS) is 23.9.